The fourth-order valence-corrected chi connectivity index (χ4v) is 3.44. The van der Waals surface area contributed by atoms with Crippen LogP contribution in [0.4, 0.5) is 34.6 Å². The van der Waals surface area contributed by atoms with Crippen LogP contribution in [0.3, 0.4) is 0 Å². The smallest absolute Gasteiger partial charge is 0.419 e. The van der Waals surface area contributed by atoms with Crippen LogP contribution in [0.2, 0.25) is 0 Å². The fraction of sp³-hybridized carbons (Fsp3) is 0.278. The number of amides is 1. The van der Waals surface area contributed by atoms with Gasteiger partial charge in [0.25, 0.3) is 5.91 Å². The molecule has 1 N–H and O–H groups in total. The lowest BCUT2D eigenvalue weighted by Crippen LogP contribution is -2.50. The molecule has 2 aromatic carbocycles. The Kier molecular flexibility index (Phi) is 4.77. The van der Waals surface area contributed by atoms with E-state index in [2.05, 4.69) is 4.72 Å². The summed E-state index contributed by atoms with van der Waals surface area (Å²) in [4.78, 5) is 13.9. The lowest BCUT2D eigenvalue weighted by atomic mass is 10.0. The van der Waals surface area contributed by atoms with Crippen LogP contribution in [0.5, 0.6) is 5.75 Å². The van der Waals surface area contributed by atoms with Gasteiger partial charge in [0, 0.05) is 6.07 Å². The fourth-order valence-electron chi connectivity index (χ4n) is 2.88. The van der Waals surface area contributed by atoms with Crippen molar-refractivity contribution in [2.24, 2.45) is 0 Å². The van der Waals surface area contributed by atoms with Crippen LogP contribution < -0.4 is 14.4 Å². The molecule has 0 saturated heterocycles. The Hall–Kier alpha value is -2.82. The largest absolute Gasteiger partial charge is 0.476 e. The molecule has 1 aliphatic heterocycles. The molecule has 1 amide bonds. The predicted molar refractivity (Wildman–Crippen MR) is 98.2 cm³/mol. The molecule has 0 aromatic heterocycles. The Morgan fingerprint density at radius 1 is 1.10 bits per heavy atom. The second-order valence-corrected chi connectivity index (χ2v) is 8.72. The highest BCUT2D eigenvalue weighted by Crippen LogP contribution is 2.44. The highest BCUT2D eigenvalue weighted by Gasteiger charge is 2.42. The van der Waals surface area contributed by atoms with Gasteiger partial charge < -0.3 is 4.74 Å². The summed E-state index contributed by atoms with van der Waals surface area (Å²) in [7, 11) is -3.58. The summed E-state index contributed by atoms with van der Waals surface area (Å²) in [5, 5.41) is 0. The number of hydrogen-bond donors (Lipinski definition) is 1. The highest BCUT2D eigenvalue weighted by molar-refractivity contribution is 7.92. The monoisotopic (exact) mass is 432 g/mol. The third-order valence-corrected chi connectivity index (χ3v) is 4.71. The number of hydrogen-bond acceptors (Lipinski definition) is 4. The number of alkyl halides is 3. The number of ether oxygens (including phenoxy) is 1. The van der Waals surface area contributed by atoms with Gasteiger partial charge in [0.1, 0.15) is 11.6 Å². The van der Waals surface area contributed by atoms with Crippen molar-refractivity contribution in [1.29, 1.82) is 0 Å². The van der Waals surface area contributed by atoms with Crippen LogP contribution in [0.25, 0.3) is 0 Å². The number of nitrogens with one attached hydrogen (secondary N) is 1. The van der Waals surface area contributed by atoms with E-state index < -0.39 is 39.1 Å². The van der Waals surface area contributed by atoms with Crippen LogP contribution in [0.1, 0.15) is 19.4 Å². The summed E-state index contributed by atoms with van der Waals surface area (Å²) in [6.07, 6.45) is -3.92. The van der Waals surface area contributed by atoms with Gasteiger partial charge in [-0.3, -0.25) is 14.4 Å². The maximum atomic E-state index is 14.1. The Balaban J connectivity index is 2.13. The maximum absolute atomic E-state index is 14.1. The molecule has 11 heteroatoms. The van der Waals surface area contributed by atoms with Gasteiger partial charge in [-0.2, -0.15) is 13.2 Å². The molecule has 29 heavy (non-hydrogen) atoms. The van der Waals surface area contributed by atoms with Gasteiger partial charge in [-0.1, -0.05) is 0 Å². The van der Waals surface area contributed by atoms with Crippen LogP contribution in [-0.4, -0.2) is 26.2 Å². The Bertz CT molecular complexity index is 1100. The lowest BCUT2D eigenvalue weighted by molar-refractivity contribution is -0.140. The molecule has 0 spiro atoms. The summed E-state index contributed by atoms with van der Waals surface area (Å²) in [6, 6.07) is 6.19. The van der Waals surface area contributed by atoms with E-state index in [1.807, 2.05) is 0 Å². The molecule has 0 bridgehead atoms. The van der Waals surface area contributed by atoms with Crippen LogP contribution in [0.15, 0.2) is 36.4 Å². The zero-order valence-corrected chi connectivity index (χ0v) is 16.3. The Morgan fingerprint density at radius 3 is 2.31 bits per heavy atom. The van der Waals surface area contributed by atoms with Gasteiger partial charge in [-0.25, -0.2) is 12.8 Å². The molecule has 0 radical (unpaired) electrons. The zero-order chi connectivity index (χ0) is 21.8. The summed E-state index contributed by atoms with van der Waals surface area (Å²) in [5.41, 5.74) is -2.71. The van der Waals surface area contributed by atoms with Gasteiger partial charge in [-0.15, -0.1) is 0 Å². The van der Waals surface area contributed by atoms with E-state index in [1.54, 1.807) is 0 Å². The molecular formula is C18H16F4N2O4S. The minimum absolute atomic E-state index is 0.101. The maximum Gasteiger partial charge on any atom is 0.419 e. The number of sulfonamides is 1. The van der Waals surface area contributed by atoms with E-state index in [1.165, 1.54) is 32.0 Å². The molecule has 1 aliphatic rings. The van der Waals surface area contributed by atoms with Crippen molar-refractivity contribution in [2.45, 2.75) is 25.6 Å². The third kappa shape index (κ3) is 4.14. The second kappa shape index (κ2) is 6.61. The first-order valence-corrected chi connectivity index (χ1v) is 10.1. The van der Waals surface area contributed by atoms with E-state index in [0.29, 0.717) is 12.1 Å². The average molecular weight is 432 g/mol. The van der Waals surface area contributed by atoms with Crippen molar-refractivity contribution in [3.63, 3.8) is 0 Å². The van der Waals surface area contributed by atoms with E-state index in [4.69, 9.17) is 4.74 Å². The second-order valence-electron chi connectivity index (χ2n) is 6.97. The van der Waals surface area contributed by atoms with Crippen molar-refractivity contribution in [1.82, 2.24) is 0 Å². The number of carbonyl (C=O) groups excluding carboxylic acids is 1. The minimum atomic E-state index is -4.87. The average Bonchev–Trinajstić information content (AvgIpc) is 2.53. The van der Waals surface area contributed by atoms with E-state index in [9.17, 15) is 30.8 Å². The normalized spacial score (nSPS) is 16.2. The zero-order valence-electron chi connectivity index (χ0n) is 15.5. The van der Waals surface area contributed by atoms with E-state index >= 15 is 0 Å². The van der Waals surface area contributed by atoms with Gasteiger partial charge in [0.05, 0.1) is 28.9 Å². The SMILES string of the molecule is CC1(C)Oc2cc(NS(C)(=O)=O)ccc2N(c2ccc(C(F)(F)F)c(F)c2)C1=O. The van der Waals surface area contributed by atoms with Gasteiger partial charge >= 0.3 is 6.18 Å². The standard InChI is InChI=1S/C18H16F4N2O4S/c1-17(2)16(25)24(11-5-6-12(13(19)9-11)18(20,21)22)14-7-4-10(8-15(14)28-17)23-29(3,26)27/h4-9,23H,1-3H3. The van der Waals surface area contributed by atoms with Gasteiger partial charge in [0.15, 0.2) is 5.60 Å². The third-order valence-electron chi connectivity index (χ3n) is 4.10. The molecule has 0 atom stereocenters. The molecule has 0 unspecified atom stereocenters. The highest BCUT2D eigenvalue weighted by atomic mass is 32.2. The van der Waals surface area contributed by atoms with Crippen molar-refractivity contribution in [2.75, 3.05) is 15.9 Å². The summed E-state index contributed by atoms with van der Waals surface area (Å²) >= 11 is 0. The van der Waals surface area contributed by atoms with Crippen LogP contribution >= 0.6 is 0 Å². The summed E-state index contributed by atoms with van der Waals surface area (Å²) in [6.45, 7) is 2.87. The lowest BCUT2D eigenvalue weighted by Gasteiger charge is -2.39. The Labute approximate surface area is 164 Å². The molecule has 0 fully saturated rings. The molecule has 156 valence electrons. The molecule has 0 saturated carbocycles. The molecular weight excluding hydrogens is 416 g/mol. The number of anilines is 3. The van der Waals surface area contributed by atoms with E-state index in [0.717, 1.165) is 17.2 Å². The van der Waals surface area contributed by atoms with Crippen molar-refractivity contribution < 1.29 is 35.5 Å². The quantitative estimate of drug-likeness (QED) is 0.743. The topological polar surface area (TPSA) is 75.7 Å². The van der Waals surface area contributed by atoms with Crippen molar-refractivity contribution >= 4 is 33.0 Å². The minimum Gasteiger partial charge on any atom is -0.476 e. The summed E-state index contributed by atoms with van der Waals surface area (Å²) in [5.74, 6) is -2.06. The molecule has 3 rings (SSSR count). The Morgan fingerprint density at radius 2 is 1.76 bits per heavy atom. The molecule has 6 nitrogen and oxygen atoms in total. The van der Waals surface area contributed by atoms with E-state index in [-0.39, 0.29) is 22.8 Å². The van der Waals surface area contributed by atoms with Crippen molar-refractivity contribution in [3.8, 4) is 5.75 Å². The first-order valence-electron chi connectivity index (χ1n) is 8.21. The van der Waals surface area contributed by atoms with Crippen molar-refractivity contribution in [3.05, 3.63) is 47.8 Å². The van der Waals surface area contributed by atoms with Crippen LogP contribution in [0, 0.1) is 5.82 Å². The van der Waals surface area contributed by atoms with Gasteiger partial charge in [0.2, 0.25) is 10.0 Å². The number of nitrogens with zero attached hydrogens (tertiary/aromatic N) is 1. The molecule has 1 heterocycles. The number of halogens is 4. The number of rotatable bonds is 3. The van der Waals surface area contributed by atoms with Crippen LogP contribution in [-0.2, 0) is 21.0 Å². The number of carbonyl (C=O) groups is 1. The first kappa shape index (κ1) is 20.9. The molecule has 0 aliphatic carbocycles. The van der Waals surface area contributed by atoms with Gasteiger partial charge in [-0.05, 0) is 44.2 Å². The predicted octanol–water partition coefficient (Wildman–Crippen LogP) is 4.05. The number of fused-ring (bicyclic) bond motifs is 1. The molecule has 2 aromatic rings. The summed E-state index contributed by atoms with van der Waals surface area (Å²) < 4.78 is 83.4. The number of benzene rings is 2. The first-order chi connectivity index (χ1) is 13.2.